The maximum Gasteiger partial charge on any atom is 0.407 e. The molecule has 6 nitrogen and oxygen atoms in total. The van der Waals surface area contributed by atoms with E-state index in [4.69, 9.17) is 11.6 Å². The van der Waals surface area contributed by atoms with Gasteiger partial charge >= 0.3 is 6.09 Å². The zero-order chi connectivity index (χ0) is 13.8. The Morgan fingerprint density at radius 3 is 2.83 bits per heavy atom. The summed E-state index contributed by atoms with van der Waals surface area (Å²) in [6.45, 7) is 2.52. The van der Waals surface area contributed by atoms with Gasteiger partial charge in [0.1, 0.15) is 0 Å². The lowest BCUT2D eigenvalue weighted by Crippen LogP contribution is -2.39. The number of hydrogen-bond donors (Lipinski definition) is 1. The lowest BCUT2D eigenvalue weighted by atomic mass is 10.3. The largest absolute Gasteiger partial charge is 0.453 e. The molecule has 0 aromatic rings. The van der Waals surface area contributed by atoms with Gasteiger partial charge in [0.05, 0.1) is 12.9 Å². The summed E-state index contributed by atoms with van der Waals surface area (Å²) in [6, 6.07) is -0.182. The summed E-state index contributed by atoms with van der Waals surface area (Å²) < 4.78 is 29.9. The third kappa shape index (κ3) is 4.29. The minimum atomic E-state index is -3.29. The smallest absolute Gasteiger partial charge is 0.407 e. The van der Waals surface area contributed by atoms with Crippen molar-refractivity contribution in [3.63, 3.8) is 0 Å². The van der Waals surface area contributed by atoms with Crippen molar-refractivity contribution in [2.24, 2.45) is 5.92 Å². The fourth-order valence-electron chi connectivity index (χ4n) is 1.83. The number of nitrogens with one attached hydrogen (secondary N) is 1. The maximum atomic E-state index is 12.0. The first-order valence-electron chi connectivity index (χ1n) is 5.77. The molecule has 106 valence electrons. The Bertz CT molecular complexity index is 387. The van der Waals surface area contributed by atoms with Gasteiger partial charge in [0.2, 0.25) is 10.0 Å². The predicted octanol–water partition coefficient (Wildman–Crippen LogP) is 0.621. The van der Waals surface area contributed by atoms with Gasteiger partial charge in [-0.15, -0.1) is 11.6 Å². The molecule has 1 saturated heterocycles. The molecule has 1 heterocycles. The summed E-state index contributed by atoms with van der Waals surface area (Å²) in [7, 11) is -2.01. The highest BCUT2D eigenvalue weighted by atomic mass is 35.5. The Kier molecular flexibility index (Phi) is 5.68. The second-order valence-corrected chi connectivity index (χ2v) is 6.84. The van der Waals surface area contributed by atoms with E-state index in [1.165, 1.54) is 11.4 Å². The molecule has 0 aromatic carbocycles. The Morgan fingerprint density at radius 2 is 2.28 bits per heavy atom. The first-order valence-corrected chi connectivity index (χ1v) is 7.91. The van der Waals surface area contributed by atoms with Crippen LogP contribution in [0.5, 0.6) is 0 Å². The molecule has 0 aromatic heterocycles. The predicted molar refractivity (Wildman–Crippen MR) is 69.2 cm³/mol. The molecule has 0 bridgehead atoms. The third-order valence-electron chi connectivity index (χ3n) is 2.81. The quantitative estimate of drug-likeness (QED) is 0.755. The molecular weight excluding hydrogens is 280 g/mol. The van der Waals surface area contributed by atoms with Crippen molar-refractivity contribution in [1.29, 1.82) is 0 Å². The van der Waals surface area contributed by atoms with Crippen molar-refractivity contribution in [3.05, 3.63) is 0 Å². The van der Waals surface area contributed by atoms with Crippen LogP contribution >= 0.6 is 11.6 Å². The van der Waals surface area contributed by atoms with Gasteiger partial charge < -0.3 is 10.1 Å². The fourth-order valence-corrected chi connectivity index (χ4v) is 3.91. The summed E-state index contributed by atoms with van der Waals surface area (Å²) in [5, 5.41) is 2.60. The number of sulfonamides is 1. The maximum absolute atomic E-state index is 12.0. The molecule has 1 N–H and O–H groups in total. The molecule has 0 spiro atoms. The molecule has 1 amide bonds. The first kappa shape index (κ1) is 15.5. The molecule has 2 unspecified atom stereocenters. The number of rotatable bonds is 5. The van der Waals surface area contributed by atoms with E-state index in [0.29, 0.717) is 25.4 Å². The van der Waals surface area contributed by atoms with E-state index in [2.05, 4.69) is 10.1 Å². The van der Waals surface area contributed by atoms with Crippen molar-refractivity contribution in [2.45, 2.75) is 19.4 Å². The van der Waals surface area contributed by atoms with E-state index in [-0.39, 0.29) is 17.7 Å². The molecule has 2 atom stereocenters. The van der Waals surface area contributed by atoms with E-state index in [1.807, 2.05) is 0 Å². The molecule has 1 fully saturated rings. The van der Waals surface area contributed by atoms with Crippen LogP contribution in [0.1, 0.15) is 13.3 Å². The minimum absolute atomic E-state index is 0.0431. The SMILES string of the molecule is COC(=O)NC1CCN(S(=O)(=O)CC(C)CCl)C1. The number of carbonyl (C=O) groups is 1. The summed E-state index contributed by atoms with van der Waals surface area (Å²) >= 11 is 5.62. The summed E-state index contributed by atoms with van der Waals surface area (Å²) in [4.78, 5) is 11.0. The van der Waals surface area contributed by atoms with Crippen molar-refractivity contribution in [2.75, 3.05) is 31.8 Å². The lowest BCUT2D eigenvalue weighted by molar-refractivity contribution is 0.167. The second-order valence-electron chi connectivity index (χ2n) is 4.52. The Balaban J connectivity index is 2.52. The van der Waals surface area contributed by atoms with E-state index < -0.39 is 16.1 Å². The highest BCUT2D eigenvalue weighted by molar-refractivity contribution is 7.89. The number of amides is 1. The van der Waals surface area contributed by atoms with Crippen LogP contribution in [0, 0.1) is 5.92 Å². The number of nitrogens with zero attached hydrogens (tertiary/aromatic N) is 1. The van der Waals surface area contributed by atoms with Crippen LogP contribution in [0.25, 0.3) is 0 Å². The van der Waals surface area contributed by atoms with Gasteiger partial charge in [0.25, 0.3) is 0 Å². The monoisotopic (exact) mass is 298 g/mol. The lowest BCUT2D eigenvalue weighted by Gasteiger charge is -2.18. The molecule has 1 aliphatic heterocycles. The summed E-state index contributed by atoms with van der Waals surface area (Å²) in [5.41, 5.74) is 0. The van der Waals surface area contributed by atoms with Crippen molar-refractivity contribution in [1.82, 2.24) is 9.62 Å². The number of carbonyl (C=O) groups excluding carboxylic acids is 1. The number of halogens is 1. The van der Waals surface area contributed by atoms with E-state index in [0.717, 1.165) is 0 Å². The molecule has 1 aliphatic rings. The number of alkyl halides is 1. The molecule has 8 heteroatoms. The Morgan fingerprint density at radius 1 is 1.61 bits per heavy atom. The molecular formula is C10H19ClN2O4S. The van der Waals surface area contributed by atoms with Gasteiger partial charge in [-0.05, 0) is 12.3 Å². The topological polar surface area (TPSA) is 75.7 Å². The van der Waals surface area contributed by atoms with Gasteiger partial charge in [-0.25, -0.2) is 13.2 Å². The van der Waals surface area contributed by atoms with Crippen LogP contribution in [-0.4, -0.2) is 56.7 Å². The molecule has 0 radical (unpaired) electrons. The van der Waals surface area contributed by atoms with E-state index >= 15 is 0 Å². The first-order chi connectivity index (χ1) is 8.39. The van der Waals surface area contributed by atoms with Gasteiger partial charge in [0.15, 0.2) is 0 Å². The number of alkyl carbamates (subject to hydrolysis) is 1. The van der Waals surface area contributed by atoms with Crippen LogP contribution in [0.15, 0.2) is 0 Å². The van der Waals surface area contributed by atoms with Crippen molar-refractivity contribution < 1.29 is 17.9 Å². The van der Waals surface area contributed by atoms with Crippen LogP contribution in [-0.2, 0) is 14.8 Å². The van der Waals surface area contributed by atoms with E-state index in [9.17, 15) is 13.2 Å². The zero-order valence-electron chi connectivity index (χ0n) is 10.6. The number of methoxy groups -OCH3 is 1. The Hall–Kier alpha value is -0.530. The van der Waals surface area contributed by atoms with Crippen LogP contribution in [0.4, 0.5) is 4.79 Å². The summed E-state index contributed by atoms with van der Waals surface area (Å²) in [5.74, 6) is 0.280. The minimum Gasteiger partial charge on any atom is -0.453 e. The zero-order valence-corrected chi connectivity index (χ0v) is 12.1. The van der Waals surface area contributed by atoms with Crippen molar-refractivity contribution >= 4 is 27.7 Å². The third-order valence-corrected chi connectivity index (χ3v) is 5.45. The van der Waals surface area contributed by atoms with Gasteiger partial charge in [-0.1, -0.05) is 6.92 Å². The van der Waals surface area contributed by atoms with Gasteiger partial charge in [0, 0.05) is 25.0 Å². The molecule has 0 aliphatic carbocycles. The van der Waals surface area contributed by atoms with Crippen LogP contribution in [0.2, 0.25) is 0 Å². The van der Waals surface area contributed by atoms with Crippen LogP contribution < -0.4 is 5.32 Å². The molecule has 18 heavy (non-hydrogen) atoms. The van der Waals surface area contributed by atoms with Gasteiger partial charge in [-0.2, -0.15) is 4.31 Å². The average Bonchev–Trinajstić information content (AvgIpc) is 2.77. The highest BCUT2D eigenvalue weighted by Gasteiger charge is 2.32. The average molecular weight is 299 g/mol. The summed E-state index contributed by atoms with van der Waals surface area (Å²) in [6.07, 6.45) is 0.0669. The fraction of sp³-hybridized carbons (Fsp3) is 0.900. The number of hydrogen-bond acceptors (Lipinski definition) is 4. The van der Waals surface area contributed by atoms with E-state index in [1.54, 1.807) is 6.92 Å². The normalized spacial score (nSPS) is 22.7. The van der Waals surface area contributed by atoms with Crippen molar-refractivity contribution in [3.8, 4) is 0 Å². The number of ether oxygens (including phenoxy) is 1. The Labute approximate surface area is 113 Å². The highest BCUT2D eigenvalue weighted by Crippen LogP contribution is 2.16. The molecule has 0 saturated carbocycles. The van der Waals surface area contributed by atoms with Crippen LogP contribution in [0.3, 0.4) is 0 Å². The second kappa shape index (κ2) is 6.58. The standard InChI is InChI=1S/C10H19ClN2O4S/c1-8(5-11)7-18(15,16)13-4-3-9(6-13)12-10(14)17-2/h8-9H,3-7H2,1-2H3,(H,12,14). The van der Waals surface area contributed by atoms with Gasteiger partial charge in [-0.3, -0.25) is 0 Å². The molecule has 1 rings (SSSR count).